The van der Waals surface area contributed by atoms with E-state index in [1.807, 2.05) is 0 Å². The number of nitrogens with one attached hydrogen (secondary N) is 2. The highest BCUT2D eigenvalue weighted by atomic mass is 19.4. The Morgan fingerprint density at radius 3 is 2.46 bits per heavy atom. The first-order chi connectivity index (χ1) is 16.5. The standard InChI is InChI=1S/C23H22F5N7/c1-11-19-13(9-17(29-11)35-8-7-34(3)16(10-35)23(26,27)28)21-20(12(2)32-33-21)31-22(30-19)18-14(24)5-4-6-15(18)25/h4-6,9,16H,7-8,10H2,1-3H3,(H,30,31)(H,32,33)/t16-/m1/s1. The molecule has 1 atom stereocenters. The minimum Gasteiger partial charge on any atom is -0.353 e. The van der Waals surface area contributed by atoms with Gasteiger partial charge in [0.15, 0.2) is 0 Å². The number of aryl methyl sites for hydroxylation is 2. The highest BCUT2D eigenvalue weighted by Crippen LogP contribution is 2.42. The molecular formula is C23H22F5N7. The van der Waals surface area contributed by atoms with Crippen LogP contribution in [0.1, 0.15) is 17.0 Å². The van der Waals surface area contributed by atoms with Crippen molar-refractivity contribution in [1.82, 2.24) is 20.1 Å². The van der Waals surface area contributed by atoms with Crippen LogP contribution in [0.4, 0.5) is 39.1 Å². The third-order valence-electron chi connectivity index (χ3n) is 6.39. The summed E-state index contributed by atoms with van der Waals surface area (Å²) in [5, 5.41) is 10.1. The number of alkyl halides is 3. The number of nitrogens with zero attached hydrogens (tertiary/aromatic N) is 5. The number of aliphatic imine (C=N–C) groups is 1. The van der Waals surface area contributed by atoms with Gasteiger partial charge in [-0.3, -0.25) is 10.00 Å². The predicted molar refractivity (Wildman–Crippen MR) is 122 cm³/mol. The normalized spacial score (nSPS) is 18.5. The Balaban J connectivity index is 1.62. The fourth-order valence-electron chi connectivity index (χ4n) is 4.46. The SMILES string of the molecule is Cc1n[nH]c2c1N=C(c1c(F)cccc1F)Nc1c-2cc(N2CCN(C)[C@@H](C(F)(F)F)C2)nc1C. The molecule has 0 bridgehead atoms. The monoisotopic (exact) mass is 491 g/mol. The van der Waals surface area contributed by atoms with Gasteiger partial charge in [-0.15, -0.1) is 0 Å². The van der Waals surface area contributed by atoms with E-state index < -0.39 is 23.9 Å². The van der Waals surface area contributed by atoms with E-state index in [1.165, 1.54) is 18.0 Å². The van der Waals surface area contributed by atoms with Crippen molar-refractivity contribution >= 4 is 23.0 Å². The molecule has 2 N–H and O–H groups in total. The van der Waals surface area contributed by atoms with E-state index in [1.54, 1.807) is 24.8 Å². The highest BCUT2D eigenvalue weighted by molar-refractivity contribution is 6.14. The molecule has 1 saturated heterocycles. The van der Waals surface area contributed by atoms with Gasteiger partial charge in [0.05, 0.1) is 28.3 Å². The lowest BCUT2D eigenvalue weighted by Crippen LogP contribution is -2.57. The van der Waals surface area contributed by atoms with Gasteiger partial charge in [-0.05, 0) is 39.1 Å². The van der Waals surface area contributed by atoms with Crippen molar-refractivity contribution in [1.29, 1.82) is 0 Å². The number of benzene rings is 1. The second-order valence-electron chi connectivity index (χ2n) is 8.69. The molecule has 2 aliphatic rings. The van der Waals surface area contributed by atoms with Gasteiger partial charge in [0.1, 0.15) is 35.0 Å². The quantitative estimate of drug-likeness (QED) is 0.515. The van der Waals surface area contributed by atoms with Crippen LogP contribution < -0.4 is 10.2 Å². The zero-order chi connectivity index (χ0) is 25.1. The summed E-state index contributed by atoms with van der Waals surface area (Å²) in [5.74, 6) is -1.27. The smallest absolute Gasteiger partial charge is 0.353 e. The van der Waals surface area contributed by atoms with Crippen LogP contribution in [-0.4, -0.2) is 64.8 Å². The van der Waals surface area contributed by atoms with Gasteiger partial charge < -0.3 is 10.2 Å². The van der Waals surface area contributed by atoms with Crippen LogP contribution in [0.3, 0.4) is 0 Å². The van der Waals surface area contributed by atoms with Gasteiger partial charge in [-0.2, -0.15) is 18.3 Å². The first kappa shape index (κ1) is 23.2. The van der Waals surface area contributed by atoms with E-state index in [9.17, 15) is 22.0 Å². The number of H-pyrrole nitrogens is 1. The molecule has 0 unspecified atom stereocenters. The van der Waals surface area contributed by atoms with Crippen molar-refractivity contribution in [3.8, 4) is 11.3 Å². The van der Waals surface area contributed by atoms with E-state index in [2.05, 4.69) is 25.5 Å². The second-order valence-corrected chi connectivity index (χ2v) is 8.69. The Kier molecular flexibility index (Phi) is 5.50. The molecule has 12 heteroatoms. The van der Waals surface area contributed by atoms with E-state index in [-0.39, 0.29) is 24.5 Å². The van der Waals surface area contributed by atoms with Crippen molar-refractivity contribution in [2.75, 3.05) is 36.9 Å². The number of likely N-dealkylation sites (N-methyl/N-ethyl adjacent to an activating group) is 1. The zero-order valence-electron chi connectivity index (χ0n) is 19.1. The van der Waals surface area contributed by atoms with Gasteiger partial charge in [-0.1, -0.05) is 6.07 Å². The van der Waals surface area contributed by atoms with Gasteiger partial charge in [0.2, 0.25) is 0 Å². The molecule has 1 fully saturated rings. The Labute approximate surface area is 197 Å². The molecule has 1 aromatic carbocycles. The number of pyridine rings is 1. The molecule has 2 aliphatic heterocycles. The number of hydrogen-bond donors (Lipinski definition) is 2. The molecule has 4 heterocycles. The van der Waals surface area contributed by atoms with Crippen molar-refractivity contribution in [2.24, 2.45) is 4.99 Å². The number of anilines is 2. The van der Waals surface area contributed by atoms with Crippen LogP contribution in [0.15, 0.2) is 29.3 Å². The number of piperazine rings is 1. The summed E-state index contributed by atoms with van der Waals surface area (Å²) in [6.45, 7) is 3.68. The topological polar surface area (TPSA) is 72.4 Å². The van der Waals surface area contributed by atoms with Crippen molar-refractivity contribution in [3.05, 3.63) is 52.9 Å². The maximum Gasteiger partial charge on any atom is 0.405 e. The number of fused-ring (bicyclic) bond motifs is 3. The average molecular weight is 491 g/mol. The van der Waals surface area contributed by atoms with E-state index in [0.29, 0.717) is 46.4 Å². The Morgan fingerprint density at radius 2 is 1.77 bits per heavy atom. The maximum absolute atomic E-state index is 14.6. The van der Waals surface area contributed by atoms with Crippen LogP contribution in [0.5, 0.6) is 0 Å². The summed E-state index contributed by atoms with van der Waals surface area (Å²) in [5.41, 5.74) is 2.42. The third kappa shape index (κ3) is 4.01. The summed E-state index contributed by atoms with van der Waals surface area (Å²) in [6.07, 6.45) is -4.38. The number of aromatic nitrogens is 3. The third-order valence-corrected chi connectivity index (χ3v) is 6.39. The van der Waals surface area contributed by atoms with Crippen LogP contribution in [0.25, 0.3) is 11.3 Å². The molecule has 184 valence electrons. The molecule has 0 amide bonds. The Bertz CT molecular complexity index is 1310. The lowest BCUT2D eigenvalue weighted by molar-refractivity contribution is -0.180. The van der Waals surface area contributed by atoms with Crippen molar-refractivity contribution in [3.63, 3.8) is 0 Å². The van der Waals surface area contributed by atoms with Crippen LogP contribution in [-0.2, 0) is 0 Å². The second kappa shape index (κ2) is 8.29. The molecule has 3 aromatic rings. The van der Waals surface area contributed by atoms with Crippen molar-refractivity contribution < 1.29 is 22.0 Å². The maximum atomic E-state index is 14.6. The molecule has 2 aromatic heterocycles. The first-order valence-corrected chi connectivity index (χ1v) is 10.9. The fraction of sp³-hybridized carbons (Fsp3) is 0.348. The first-order valence-electron chi connectivity index (χ1n) is 10.9. The largest absolute Gasteiger partial charge is 0.405 e. The number of aromatic amines is 1. The number of hydrogen-bond acceptors (Lipinski definition) is 6. The van der Waals surface area contributed by atoms with E-state index in [0.717, 1.165) is 12.1 Å². The lowest BCUT2D eigenvalue weighted by Gasteiger charge is -2.40. The molecule has 35 heavy (non-hydrogen) atoms. The number of halogens is 5. The molecule has 0 saturated carbocycles. The lowest BCUT2D eigenvalue weighted by atomic mass is 10.1. The van der Waals surface area contributed by atoms with E-state index in [4.69, 9.17) is 0 Å². The predicted octanol–water partition coefficient (Wildman–Crippen LogP) is 4.55. The van der Waals surface area contributed by atoms with Gasteiger partial charge >= 0.3 is 6.18 Å². The van der Waals surface area contributed by atoms with E-state index >= 15 is 0 Å². The van der Waals surface area contributed by atoms with Gasteiger partial charge in [0, 0.05) is 25.2 Å². The fourth-order valence-corrected chi connectivity index (χ4v) is 4.46. The molecule has 0 aliphatic carbocycles. The summed E-state index contributed by atoms with van der Waals surface area (Å²) < 4.78 is 69.9. The molecule has 0 spiro atoms. The average Bonchev–Trinajstić information content (AvgIpc) is 3.05. The van der Waals surface area contributed by atoms with Crippen LogP contribution >= 0.6 is 0 Å². The summed E-state index contributed by atoms with van der Waals surface area (Å²) in [6, 6.07) is 3.56. The summed E-state index contributed by atoms with van der Waals surface area (Å²) in [4.78, 5) is 11.9. The minimum absolute atomic E-state index is 0.0560. The zero-order valence-corrected chi connectivity index (χ0v) is 19.1. The molecule has 5 rings (SSSR count). The highest BCUT2D eigenvalue weighted by Gasteiger charge is 2.45. The molecule has 7 nitrogen and oxygen atoms in total. The molecular weight excluding hydrogens is 469 g/mol. The summed E-state index contributed by atoms with van der Waals surface area (Å²) in [7, 11) is 1.45. The number of amidine groups is 1. The number of rotatable bonds is 2. The van der Waals surface area contributed by atoms with Crippen molar-refractivity contribution in [2.45, 2.75) is 26.1 Å². The minimum atomic E-state index is -4.38. The molecule has 0 radical (unpaired) electrons. The van der Waals surface area contributed by atoms with Gasteiger partial charge in [0.25, 0.3) is 0 Å². The Hall–Kier alpha value is -3.54. The Morgan fingerprint density at radius 1 is 1.06 bits per heavy atom. The summed E-state index contributed by atoms with van der Waals surface area (Å²) >= 11 is 0. The van der Waals surface area contributed by atoms with Crippen LogP contribution in [0, 0.1) is 25.5 Å². The van der Waals surface area contributed by atoms with Gasteiger partial charge in [-0.25, -0.2) is 18.8 Å². The van der Waals surface area contributed by atoms with Crippen LogP contribution in [0.2, 0.25) is 0 Å².